The van der Waals surface area contributed by atoms with Crippen LogP contribution >= 0.6 is 11.8 Å². The lowest BCUT2D eigenvalue weighted by atomic mass is 10.1. The van der Waals surface area contributed by atoms with Crippen LogP contribution in [0.15, 0.2) is 53.7 Å². The lowest BCUT2D eigenvalue weighted by Crippen LogP contribution is -2.36. The molecule has 2 aromatic carbocycles. The summed E-state index contributed by atoms with van der Waals surface area (Å²) in [6.07, 6.45) is 0.237. The third kappa shape index (κ3) is 4.34. The van der Waals surface area contributed by atoms with E-state index in [2.05, 4.69) is 22.1 Å². The number of para-hydroxylation sites is 1. The summed E-state index contributed by atoms with van der Waals surface area (Å²) in [5, 5.41) is 9.16. The van der Waals surface area contributed by atoms with Gasteiger partial charge in [-0.3, -0.25) is 9.69 Å². The van der Waals surface area contributed by atoms with Crippen LogP contribution in [0.4, 0.5) is 5.69 Å². The van der Waals surface area contributed by atoms with Gasteiger partial charge in [0.1, 0.15) is 5.75 Å². The zero-order valence-electron chi connectivity index (χ0n) is 17.7. The Morgan fingerprint density at radius 2 is 1.90 bits per heavy atom. The summed E-state index contributed by atoms with van der Waals surface area (Å²) in [7, 11) is 0. The van der Waals surface area contributed by atoms with E-state index in [-0.39, 0.29) is 5.91 Å². The second-order valence-electron chi connectivity index (χ2n) is 6.98. The molecule has 8 heteroatoms. The van der Waals surface area contributed by atoms with Crippen LogP contribution in [0, 0.1) is 0 Å². The lowest BCUT2D eigenvalue weighted by molar-refractivity contribution is -0.118. The molecule has 7 nitrogen and oxygen atoms in total. The number of nitrogens with zero attached hydrogens (tertiary/aromatic N) is 4. The number of fused-ring (bicyclic) bond motifs is 3. The fourth-order valence-corrected chi connectivity index (χ4v) is 3.91. The van der Waals surface area contributed by atoms with Crippen LogP contribution in [0.5, 0.6) is 11.6 Å². The Labute approximate surface area is 185 Å². The minimum absolute atomic E-state index is 0.146. The van der Waals surface area contributed by atoms with Gasteiger partial charge in [-0.2, -0.15) is 4.98 Å². The maximum Gasteiger partial charge on any atom is 0.247 e. The van der Waals surface area contributed by atoms with E-state index in [4.69, 9.17) is 9.47 Å². The Morgan fingerprint density at radius 1 is 1.13 bits per heavy atom. The first-order chi connectivity index (χ1) is 15.1. The topological polar surface area (TPSA) is 77.4 Å². The molecule has 0 aliphatic carbocycles. The van der Waals surface area contributed by atoms with E-state index < -0.39 is 6.23 Å². The van der Waals surface area contributed by atoms with Gasteiger partial charge < -0.3 is 9.47 Å². The van der Waals surface area contributed by atoms with Gasteiger partial charge in [0.2, 0.25) is 23.2 Å². The van der Waals surface area contributed by atoms with E-state index in [0.29, 0.717) is 29.0 Å². The van der Waals surface area contributed by atoms with Gasteiger partial charge in [-0.1, -0.05) is 43.8 Å². The van der Waals surface area contributed by atoms with Gasteiger partial charge in [-0.15, -0.1) is 10.2 Å². The van der Waals surface area contributed by atoms with E-state index in [9.17, 15) is 4.79 Å². The molecule has 0 radical (unpaired) electrons. The number of amides is 1. The monoisotopic (exact) mass is 436 g/mol. The summed E-state index contributed by atoms with van der Waals surface area (Å²) in [5.74, 6) is 1.81. The minimum atomic E-state index is -0.698. The summed E-state index contributed by atoms with van der Waals surface area (Å²) in [6.45, 7) is 6.27. The number of carbonyl (C=O) groups excluding carboxylic acids is 1. The maximum atomic E-state index is 12.8. The second-order valence-corrected chi connectivity index (χ2v) is 8.21. The molecule has 0 saturated heterocycles. The third-order valence-electron chi connectivity index (χ3n) is 4.76. The van der Waals surface area contributed by atoms with Crippen molar-refractivity contribution in [3.05, 3.63) is 54.1 Å². The van der Waals surface area contributed by atoms with Crippen molar-refractivity contribution in [2.24, 2.45) is 0 Å². The maximum absolute atomic E-state index is 12.8. The predicted molar refractivity (Wildman–Crippen MR) is 120 cm³/mol. The molecule has 31 heavy (non-hydrogen) atoms. The Hall–Kier alpha value is -3.13. The molecule has 1 unspecified atom stereocenters. The highest BCUT2D eigenvalue weighted by Gasteiger charge is 2.34. The highest BCUT2D eigenvalue weighted by atomic mass is 32.2. The van der Waals surface area contributed by atoms with Crippen LogP contribution in [0.25, 0.3) is 11.3 Å². The smallest absolute Gasteiger partial charge is 0.247 e. The Morgan fingerprint density at radius 3 is 2.61 bits per heavy atom. The number of anilines is 1. The van der Waals surface area contributed by atoms with Gasteiger partial charge in [0.05, 0.1) is 12.3 Å². The molecule has 0 fully saturated rings. The fraction of sp³-hybridized carbons (Fsp3) is 0.304. The SMILES string of the molecule is CCCOc1ccc(C2Oc3nc(SCC)nnc3-c3ccccc3N2C(C)=O)cc1. The number of thioether (sulfide) groups is 1. The molecule has 160 valence electrons. The number of ether oxygens (including phenoxy) is 2. The van der Waals surface area contributed by atoms with Gasteiger partial charge in [-0.25, -0.2) is 0 Å². The molecule has 1 aromatic heterocycles. The largest absolute Gasteiger partial charge is 0.494 e. The van der Waals surface area contributed by atoms with Crippen molar-refractivity contribution in [2.75, 3.05) is 17.3 Å². The molecule has 2 heterocycles. The van der Waals surface area contributed by atoms with Crippen LogP contribution in [0.1, 0.15) is 39.0 Å². The van der Waals surface area contributed by atoms with Crippen molar-refractivity contribution in [1.82, 2.24) is 15.2 Å². The van der Waals surface area contributed by atoms with E-state index in [0.717, 1.165) is 29.1 Å². The number of carbonyl (C=O) groups is 1. The second kappa shape index (κ2) is 9.34. The molecular weight excluding hydrogens is 412 g/mol. The van der Waals surface area contributed by atoms with Crippen LogP contribution in [-0.2, 0) is 4.79 Å². The number of rotatable bonds is 6. The van der Waals surface area contributed by atoms with Crippen LogP contribution < -0.4 is 14.4 Å². The number of hydrogen-bond donors (Lipinski definition) is 0. The first-order valence-corrected chi connectivity index (χ1v) is 11.3. The summed E-state index contributed by atoms with van der Waals surface area (Å²) in [4.78, 5) is 19.0. The van der Waals surface area contributed by atoms with Crippen LogP contribution in [-0.4, -0.2) is 33.4 Å². The highest BCUT2D eigenvalue weighted by molar-refractivity contribution is 7.99. The molecule has 1 aliphatic heterocycles. The molecule has 0 N–H and O–H groups in total. The first-order valence-electron chi connectivity index (χ1n) is 10.3. The molecule has 0 saturated carbocycles. The van der Waals surface area contributed by atoms with Gasteiger partial charge in [0, 0.05) is 18.1 Å². The number of hydrogen-bond acceptors (Lipinski definition) is 7. The molecule has 1 aliphatic rings. The quantitative estimate of drug-likeness (QED) is 0.510. The molecule has 1 amide bonds. The fourth-order valence-electron chi connectivity index (χ4n) is 3.41. The van der Waals surface area contributed by atoms with Gasteiger partial charge >= 0.3 is 0 Å². The molecule has 1 atom stereocenters. The van der Waals surface area contributed by atoms with Gasteiger partial charge in [0.15, 0.2) is 5.69 Å². The first kappa shape index (κ1) is 21.1. The van der Waals surface area contributed by atoms with Crippen molar-refractivity contribution in [3.8, 4) is 22.9 Å². The summed E-state index contributed by atoms with van der Waals surface area (Å²) >= 11 is 1.49. The molecule has 0 spiro atoms. The Kier molecular flexibility index (Phi) is 6.36. The number of aromatic nitrogens is 3. The van der Waals surface area contributed by atoms with E-state index >= 15 is 0 Å². The van der Waals surface area contributed by atoms with Crippen molar-refractivity contribution in [1.29, 1.82) is 0 Å². The van der Waals surface area contributed by atoms with Crippen LogP contribution in [0.3, 0.4) is 0 Å². The standard InChI is InChI=1S/C23H24N4O3S/c1-4-14-29-17-12-10-16(11-13-17)22-27(15(3)28)19-9-7-6-8-18(19)20-21(30-22)24-23(26-25-20)31-5-2/h6-13,22H,4-5,14H2,1-3H3. The van der Waals surface area contributed by atoms with E-state index in [1.54, 1.807) is 4.90 Å². The summed E-state index contributed by atoms with van der Waals surface area (Å²) in [5.41, 5.74) is 2.79. The predicted octanol–water partition coefficient (Wildman–Crippen LogP) is 4.88. The van der Waals surface area contributed by atoms with Crippen molar-refractivity contribution < 1.29 is 14.3 Å². The lowest BCUT2D eigenvalue weighted by Gasteiger charge is -2.30. The Bertz CT molecular complexity index is 1070. The normalized spacial score (nSPS) is 14.8. The van der Waals surface area contributed by atoms with Crippen molar-refractivity contribution in [3.63, 3.8) is 0 Å². The summed E-state index contributed by atoms with van der Waals surface area (Å²) < 4.78 is 12.0. The van der Waals surface area contributed by atoms with Crippen molar-refractivity contribution in [2.45, 2.75) is 38.6 Å². The van der Waals surface area contributed by atoms with Crippen LogP contribution in [0.2, 0.25) is 0 Å². The van der Waals surface area contributed by atoms with Gasteiger partial charge in [0.25, 0.3) is 0 Å². The van der Waals surface area contributed by atoms with Gasteiger partial charge in [-0.05, 0) is 42.5 Å². The van der Waals surface area contributed by atoms with E-state index in [1.807, 2.05) is 55.5 Å². The zero-order valence-corrected chi connectivity index (χ0v) is 18.6. The van der Waals surface area contributed by atoms with E-state index in [1.165, 1.54) is 18.7 Å². The van der Waals surface area contributed by atoms with Crippen molar-refractivity contribution >= 4 is 23.4 Å². The third-order valence-corrected chi connectivity index (χ3v) is 5.48. The highest BCUT2D eigenvalue weighted by Crippen LogP contribution is 2.43. The molecule has 4 rings (SSSR count). The summed E-state index contributed by atoms with van der Waals surface area (Å²) in [6, 6.07) is 15.2. The minimum Gasteiger partial charge on any atom is -0.494 e. The molecule has 0 bridgehead atoms. The average molecular weight is 437 g/mol. The molecule has 3 aromatic rings. The number of benzene rings is 2. The Balaban J connectivity index is 1.83. The average Bonchev–Trinajstić information content (AvgIpc) is 2.92. The zero-order chi connectivity index (χ0) is 21.8. The molecular formula is C23H24N4O3S.